The normalized spacial score (nSPS) is 14.4. The summed E-state index contributed by atoms with van der Waals surface area (Å²) in [4.78, 5) is 2.11. The maximum absolute atomic E-state index is 8.79. The molecule has 0 spiro atoms. The summed E-state index contributed by atoms with van der Waals surface area (Å²) in [6.45, 7) is 1.84. The van der Waals surface area contributed by atoms with Crippen LogP contribution in [0.5, 0.6) is 0 Å². The Morgan fingerprint density at radius 2 is 2.15 bits per heavy atom. The number of hydrogen-bond acceptors (Lipinski definition) is 2. The Balaban J connectivity index is 2.19. The average Bonchev–Trinajstić information content (AvgIpc) is 2.18. The molecule has 1 aliphatic heterocycles. The van der Waals surface area contributed by atoms with Crippen molar-refractivity contribution < 1.29 is 5.11 Å². The zero-order valence-electron chi connectivity index (χ0n) is 7.48. The minimum Gasteiger partial charge on any atom is -0.395 e. The van der Waals surface area contributed by atoms with Gasteiger partial charge in [0, 0.05) is 19.3 Å². The van der Waals surface area contributed by atoms with Gasteiger partial charge in [0.25, 0.3) is 0 Å². The van der Waals surface area contributed by atoms with Crippen molar-refractivity contribution in [2.75, 3.05) is 13.2 Å². The van der Waals surface area contributed by atoms with E-state index in [1.807, 2.05) is 12.3 Å². The van der Waals surface area contributed by atoms with Gasteiger partial charge in [-0.25, -0.2) is 0 Å². The molecule has 2 rings (SSSR count). The molecule has 2 heteroatoms. The molecule has 0 saturated carbocycles. The highest BCUT2D eigenvalue weighted by molar-refractivity contribution is 5.55. The van der Waals surface area contributed by atoms with E-state index in [2.05, 4.69) is 29.2 Å². The van der Waals surface area contributed by atoms with Gasteiger partial charge < -0.3 is 10.0 Å². The van der Waals surface area contributed by atoms with Gasteiger partial charge in [0.1, 0.15) is 0 Å². The van der Waals surface area contributed by atoms with E-state index in [0.717, 1.165) is 6.54 Å². The second kappa shape index (κ2) is 3.62. The topological polar surface area (TPSA) is 23.5 Å². The number of hydrogen-bond donors (Lipinski definition) is 1. The SMILES string of the molecule is OCCN1C=Cc2ccccc2C1. The van der Waals surface area contributed by atoms with Crippen LogP contribution in [0.4, 0.5) is 0 Å². The van der Waals surface area contributed by atoms with Gasteiger partial charge in [0.15, 0.2) is 0 Å². The molecule has 1 aromatic carbocycles. The molecule has 1 heterocycles. The average molecular weight is 175 g/mol. The Morgan fingerprint density at radius 1 is 1.31 bits per heavy atom. The van der Waals surface area contributed by atoms with Crippen LogP contribution in [-0.2, 0) is 6.54 Å². The van der Waals surface area contributed by atoms with Crippen LogP contribution >= 0.6 is 0 Å². The number of aliphatic hydroxyl groups excluding tert-OH is 1. The number of benzene rings is 1. The van der Waals surface area contributed by atoms with Crippen LogP contribution in [0, 0.1) is 0 Å². The lowest BCUT2D eigenvalue weighted by Gasteiger charge is -2.24. The van der Waals surface area contributed by atoms with Crippen molar-refractivity contribution in [3.63, 3.8) is 0 Å². The monoisotopic (exact) mass is 175 g/mol. The molecule has 0 radical (unpaired) electrons. The fourth-order valence-corrected chi connectivity index (χ4v) is 1.58. The van der Waals surface area contributed by atoms with Crippen molar-refractivity contribution in [2.24, 2.45) is 0 Å². The first-order valence-corrected chi connectivity index (χ1v) is 4.51. The van der Waals surface area contributed by atoms with E-state index in [9.17, 15) is 0 Å². The summed E-state index contributed by atoms with van der Waals surface area (Å²) in [7, 11) is 0. The Labute approximate surface area is 78.1 Å². The number of nitrogens with zero attached hydrogens (tertiary/aromatic N) is 1. The van der Waals surface area contributed by atoms with Crippen molar-refractivity contribution in [3.8, 4) is 0 Å². The van der Waals surface area contributed by atoms with Crippen LogP contribution in [0.3, 0.4) is 0 Å². The van der Waals surface area contributed by atoms with E-state index in [1.165, 1.54) is 11.1 Å². The van der Waals surface area contributed by atoms with Crippen LogP contribution in [0.2, 0.25) is 0 Å². The van der Waals surface area contributed by atoms with Crippen LogP contribution in [0.1, 0.15) is 11.1 Å². The molecule has 68 valence electrons. The van der Waals surface area contributed by atoms with Crippen LogP contribution < -0.4 is 0 Å². The third kappa shape index (κ3) is 1.73. The molecule has 0 aromatic heterocycles. The van der Waals surface area contributed by atoms with Gasteiger partial charge in [0.2, 0.25) is 0 Å². The third-order valence-corrected chi connectivity index (χ3v) is 2.28. The molecular formula is C11H13NO. The van der Waals surface area contributed by atoms with Crippen molar-refractivity contribution in [1.29, 1.82) is 0 Å². The van der Waals surface area contributed by atoms with Gasteiger partial charge in [-0.3, -0.25) is 0 Å². The molecule has 1 N–H and O–H groups in total. The van der Waals surface area contributed by atoms with Crippen LogP contribution in [0.25, 0.3) is 6.08 Å². The van der Waals surface area contributed by atoms with Crippen molar-refractivity contribution in [2.45, 2.75) is 6.54 Å². The van der Waals surface area contributed by atoms with Gasteiger partial charge in [-0.2, -0.15) is 0 Å². The van der Waals surface area contributed by atoms with E-state index in [-0.39, 0.29) is 6.61 Å². The maximum Gasteiger partial charge on any atom is 0.0606 e. The quantitative estimate of drug-likeness (QED) is 0.735. The fourth-order valence-electron chi connectivity index (χ4n) is 1.58. The minimum absolute atomic E-state index is 0.215. The second-order valence-corrected chi connectivity index (χ2v) is 3.21. The number of β-amino-alcohol motifs (C(OH)–C–C–N with tert-alkyl or cyclic N) is 1. The molecule has 1 aliphatic rings. The lowest BCUT2D eigenvalue weighted by Crippen LogP contribution is -2.23. The van der Waals surface area contributed by atoms with Gasteiger partial charge in [-0.15, -0.1) is 0 Å². The Morgan fingerprint density at radius 3 is 3.00 bits per heavy atom. The van der Waals surface area contributed by atoms with Crippen LogP contribution in [0.15, 0.2) is 30.5 Å². The summed E-state index contributed by atoms with van der Waals surface area (Å²) in [6.07, 6.45) is 4.13. The summed E-state index contributed by atoms with van der Waals surface area (Å²) < 4.78 is 0. The molecular weight excluding hydrogens is 162 g/mol. The highest BCUT2D eigenvalue weighted by Crippen LogP contribution is 2.18. The molecule has 0 unspecified atom stereocenters. The molecule has 0 atom stereocenters. The Bertz CT molecular complexity index is 320. The first-order chi connectivity index (χ1) is 6.40. The molecule has 2 nitrogen and oxygen atoms in total. The van der Waals surface area contributed by atoms with E-state index < -0.39 is 0 Å². The highest BCUT2D eigenvalue weighted by Gasteiger charge is 2.08. The maximum atomic E-state index is 8.79. The minimum atomic E-state index is 0.215. The van der Waals surface area contributed by atoms with E-state index >= 15 is 0 Å². The predicted molar refractivity (Wildman–Crippen MR) is 53.0 cm³/mol. The lowest BCUT2D eigenvalue weighted by atomic mass is 10.0. The van der Waals surface area contributed by atoms with Gasteiger partial charge in [-0.1, -0.05) is 24.3 Å². The molecule has 0 saturated heterocycles. The summed E-state index contributed by atoms with van der Waals surface area (Å²) in [5.74, 6) is 0. The number of rotatable bonds is 2. The third-order valence-electron chi connectivity index (χ3n) is 2.28. The molecule has 1 aromatic rings. The molecule has 0 bridgehead atoms. The standard InChI is InChI=1S/C11H13NO/c13-8-7-12-6-5-10-3-1-2-4-11(10)9-12/h1-6,13H,7-9H2. The molecule has 0 amide bonds. The van der Waals surface area contributed by atoms with Crippen LogP contribution in [-0.4, -0.2) is 23.2 Å². The fraction of sp³-hybridized carbons (Fsp3) is 0.273. The summed E-state index contributed by atoms with van der Waals surface area (Å²) in [5.41, 5.74) is 2.62. The van der Waals surface area contributed by atoms with Gasteiger partial charge in [-0.05, 0) is 17.2 Å². The number of aliphatic hydroxyl groups is 1. The predicted octanol–water partition coefficient (Wildman–Crippen LogP) is 1.47. The summed E-state index contributed by atoms with van der Waals surface area (Å²) in [5, 5.41) is 8.79. The largest absolute Gasteiger partial charge is 0.395 e. The van der Waals surface area contributed by atoms with Crippen molar-refractivity contribution in [1.82, 2.24) is 4.90 Å². The zero-order valence-corrected chi connectivity index (χ0v) is 7.48. The zero-order chi connectivity index (χ0) is 9.10. The van der Waals surface area contributed by atoms with E-state index in [0.29, 0.717) is 6.54 Å². The molecule has 0 aliphatic carbocycles. The van der Waals surface area contributed by atoms with Gasteiger partial charge >= 0.3 is 0 Å². The summed E-state index contributed by atoms with van der Waals surface area (Å²) in [6, 6.07) is 8.34. The Kier molecular flexibility index (Phi) is 2.32. The Hall–Kier alpha value is -1.28. The number of fused-ring (bicyclic) bond motifs is 1. The summed E-state index contributed by atoms with van der Waals surface area (Å²) >= 11 is 0. The van der Waals surface area contributed by atoms with Crippen molar-refractivity contribution >= 4 is 6.08 Å². The van der Waals surface area contributed by atoms with Crippen molar-refractivity contribution in [3.05, 3.63) is 41.6 Å². The van der Waals surface area contributed by atoms with E-state index in [1.54, 1.807) is 0 Å². The van der Waals surface area contributed by atoms with E-state index in [4.69, 9.17) is 5.11 Å². The second-order valence-electron chi connectivity index (χ2n) is 3.21. The molecule has 0 fully saturated rings. The smallest absolute Gasteiger partial charge is 0.0606 e. The lowest BCUT2D eigenvalue weighted by molar-refractivity contribution is 0.232. The highest BCUT2D eigenvalue weighted by atomic mass is 16.3. The first-order valence-electron chi connectivity index (χ1n) is 4.51. The first kappa shape index (κ1) is 8.32. The molecule has 13 heavy (non-hydrogen) atoms. The van der Waals surface area contributed by atoms with Gasteiger partial charge in [0.05, 0.1) is 6.61 Å².